The lowest BCUT2D eigenvalue weighted by atomic mass is 9.43. The van der Waals surface area contributed by atoms with Crippen LogP contribution in [0.4, 0.5) is 0 Å². The molecule has 6 nitrogen and oxygen atoms in total. The summed E-state index contributed by atoms with van der Waals surface area (Å²) in [6.07, 6.45) is 8.87. The number of hydrogen-bond donors (Lipinski definition) is 2. The van der Waals surface area contributed by atoms with Crippen LogP contribution < -0.4 is 15.5 Å². The van der Waals surface area contributed by atoms with Gasteiger partial charge in [0.05, 0.1) is 19.3 Å². The third-order valence-corrected chi connectivity index (χ3v) is 6.71. The third kappa shape index (κ3) is 3.51. The monoisotopic (exact) mass is 374 g/mol. The maximum absolute atomic E-state index is 12.2. The average Bonchev–Trinajstić information content (AvgIpc) is 2.55. The Morgan fingerprint density at radius 2 is 1.93 bits per heavy atom. The molecule has 5 rings (SSSR count). The number of pyridine rings is 1. The van der Waals surface area contributed by atoms with Gasteiger partial charge in [0.25, 0.3) is 5.91 Å². The molecule has 4 aliphatic rings. The van der Waals surface area contributed by atoms with Crippen molar-refractivity contribution < 1.29 is 14.3 Å². The van der Waals surface area contributed by atoms with Crippen LogP contribution in [0.1, 0.15) is 62.9 Å². The Kier molecular flexibility index (Phi) is 4.37. The fraction of sp³-hybridized carbons (Fsp3) is 0.714. The number of H-pyrrole nitrogens is 1. The Bertz CT molecular complexity index is 784. The number of amides is 1. The molecule has 6 heteroatoms. The molecule has 0 radical (unpaired) electrons. The van der Waals surface area contributed by atoms with Crippen molar-refractivity contribution in [1.82, 2.24) is 10.3 Å². The SMILES string of the molecule is COc1c[nH]c(C(=O)NCCOC23CC4CC(C)(CC(C)(C4)C2)C3)cc1=O. The molecule has 0 aliphatic heterocycles. The van der Waals surface area contributed by atoms with Gasteiger partial charge >= 0.3 is 0 Å². The molecule has 1 aromatic rings. The van der Waals surface area contributed by atoms with Crippen LogP contribution in [0.5, 0.6) is 5.75 Å². The summed E-state index contributed by atoms with van der Waals surface area (Å²) in [6.45, 7) is 5.79. The van der Waals surface area contributed by atoms with Crippen molar-refractivity contribution in [3.05, 3.63) is 28.2 Å². The van der Waals surface area contributed by atoms with E-state index in [2.05, 4.69) is 24.1 Å². The van der Waals surface area contributed by atoms with Gasteiger partial charge in [-0.2, -0.15) is 0 Å². The van der Waals surface area contributed by atoms with E-state index in [0.29, 0.717) is 24.0 Å². The summed E-state index contributed by atoms with van der Waals surface area (Å²) in [6, 6.07) is 1.26. The summed E-state index contributed by atoms with van der Waals surface area (Å²) in [5.41, 5.74) is 0.741. The molecule has 2 N–H and O–H groups in total. The summed E-state index contributed by atoms with van der Waals surface area (Å²) in [5.74, 6) is 0.677. The van der Waals surface area contributed by atoms with Crippen molar-refractivity contribution >= 4 is 5.91 Å². The van der Waals surface area contributed by atoms with E-state index in [1.807, 2.05) is 0 Å². The van der Waals surface area contributed by atoms with Gasteiger partial charge in [-0.3, -0.25) is 9.59 Å². The first-order valence-corrected chi connectivity index (χ1v) is 9.93. The summed E-state index contributed by atoms with van der Waals surface area (Å²) in [7, 11) is 1.42. The first-order chi connectivity index (χ1) is 12.7. The molecule has 0 spiro atoms. The molecule has 2 unspecified atom stereocenters. The maximum Gasteiger partial charge on any atom is 0.267 e. The van der Waals surface area contributed by atoms with Gasteiger partial charge in [-0.05, 0) is 55.3 Å². The Morgan fingerprint density at radius 1 is 1.22 bits per heavy atom. The number of nitrogens with one attached hydrogen (secondary N) is 2. The molecule has 27 heavy (non-hydrogen) atoms. The van der Waals surface area contributed by atoms with Crippen molar-refractivity contribution in [1.29, 1.82) is 0 Å². The minimum Gasteiger partial charge on any atom is -0.491 e. The predicted molar refractivity (Wildman–Crippen MR) is 102 cm³/mol. The van der Waals surface area contributed by atoms with Gasteiger partial charge in [0.15, 0.2) is 5.75 Å². The van der Waals surface area contributed by atoms with Crippen LogP contribution in [0.2, 0.25) is 0 Å². The summed E-state index contributed by atoms with van der Waals surface area (Å²) in [4.78, 5) is 26.8. The zero-order valence-corrected chi connectivity index (χ0v) is 16.5. The zero-order valence-electron chi connectivity index (χ0n) is 16.5. The number of aromatic nitrogens is 1. The van der Waals surface area contributed by atoms with Crippen LogP contribution in [0.15, 0.2) is 17.1 Å². The summed E-state index contributed by atoms with van der Waals surface area (Å²) >= 11 is 0. The lowest BCUT2D eigenvalue weighted by molar-refractivity contribution is -0.213. The average molecular weight is 374 g/mol. The Hall–Kier alpha value is -1.82. The molecule has 1 aromatic heterocycles. The standard InChI is InChI=1S/C21H30N2O4/c1-19-7-14-8-20(2,11-19)13-21(9-14,12-19)27-5-4-22-18(25)15-6-16(24)17(26-3)10-23-15/h6,10,14H,4-5,7-9,11-13H2,1-3H3,(H,22,25)(H,23,24). The van der Waals surface area contributed by atoms with Crippen molar-refractivity contribution in [3.8, 4) is 5.75 Å². The fourth-order valence-corrected chi connectivity index (χ4v) is 6.78. The van der Waals surface area contributed by atoms with E-state index in [1.54, 1.807) is 0 Å². The second-order valence-electron chi connectivity index (χ2n) is 9.70. The Morgan fingerprint density at radius 3 is 2.52 bits per heavy atom. The van der Waals surface area contributed by atoms with Gasteiger partial charge in [-0.25, -0.2) is 0 Å². The molecule has 0 aromatic carbocycles. The molecule has 0 saturated heterocycles. The topological polar surface area (TPSA) is 80.4 Å². The van der Waals surface area contributed by atoms with Crippen molar-refractivity contribution in [2.45, 2.75) is 58.0 Å². The van der Waals surface area contributed by atoms with Crippen molar-refractivity contribution in [2.75, 3.05) is 20.3 Å². The highest BCUT2D eigenvalue weighted by molar-refractivity contribution is 5.92. The number of carbonyl (C=O) groups excluding carboxylic acids is 1. The van der Waals surface area contributed by atoms with E-state index in [1.165, 1.54) is 38.6 Å². The number of aromatic amines is 1. The molecular formula is C21H30N2O4. The molecule has 1 amide bonds. The van der Waals surface area contributed by atoms with Gasteiger partial charge in [-0.15, -0.1) is 0 Å². The maximum atomic E-state index is 12.2. The van der Waals surface area contributed by atoms with Gasteiger partial charge in [-0.1, -0.05) is 13.8 Å². The van der Waals surface area contributed by atoms with Gasteiger partial charge in [0.2, 0.25) is 5.43 Å². The second kappa shape index (κ2) is 6.36. The number of methoxy groups -OCH3 is 1. The van der Waals surface area contributed by atoms with E-state index in [0.717, 1.165) is 25.2 Å². The predicted octanol–water partition coefficient (Wildman–Crippen LogP) is 2.88. The second-order valence-corrected chi connectivity index (χ2v) is 9.70. The third-order valence-electron chi connectivity index (χ3n) is 6.71. The van der Waals surface area contributed by atoms with Crippen LogP contribution in [-0.4, -0.2) is 36.8 Å². The fourth-order valence-electron chi connectivity index (χ4n) is 6.78. The molecule has 4 bridgehead atoms. The molecule has 1 heterocycles. The van der Waals surface area contributed by atoms with E-state index >= 15 is 0 Å². The largest absolute Gasteiger partial charge is 0.491 e. The zero-order chi connectivity index (χ0) is 19.3. The highest BCUT2D eigenvalue weighted by Crippen LogP contribution is 2.67. The number of ether oxygens (including phenoxy) is 2. The summed E-state index contributed by atoms with van der Waals surface area (Å²) in [5, 5.41) is 2.84. The highest BCUT2D eigenvalue weighted by atomic mass is 16.5. The Balaban J connectivity index is 1.32. The number of hydrogen-bond acceptors (Lipinski definition) is 4. The number of rotatable bonds is 6. The van der Waals surface area contributed by atoms with E-state index in [4.69, 9.17) is 9.47 Å². The van der Waals surface area contributed by atoms with Crippen LogP contribution >= 0.6 is 0 Å². The van der Waals surface area contributed by atoms with Crippen molar-refractivity contribution in [3.63, 3.8) is 0 Å². The smallest absolute Gasteiger partial charge is 0.267 e. The minimum atomic E-state index is -0.312. The van der Waals surface area contributed by atoms with Crippen LogP contribution in [-0.2, 0) is 4.74 Å². The Labute approximate surface area is 160 Å². The number of carbonyl (C=O) groups is 1. The quantitative estimate of drug-likeness (QED) is 0.751. The van der Waals surface area contributed by atoms with Gasteiger partial charge < -0.3 is 19.8 Å². The minimum absolute atomic E-state index is 0.0118. The van der Waals surface area contributed by atoms with Crippen LogP contribution in [0.25, 0.3) is 0 Å². The van der Waals surface area contributed by atoms with Gasteiger partial charge in [0, 0.05) is 18.8 Å². The van der Waals surface area contributed by atoms with E-state index < -0.39 is 0 Å². The summed E-state index contributed by atoms with van der Waals surface area (Å²) < 4.78 is 11.3. The highest BCUT2D eigenvalue weighted by Gasteiger charge is 2.60. The molecule has 4 aliphatic carbocycles. The molecule has 4 saturated carbocycles. The van der Waals surface area contributed by atoms with Crippen molar-refractivity contribution in [2.24, 2.45) is 16.7 Å². The van der Waals surface area contributed by atoms with E-state index in [-0.39, 0.29) is 28.4 Å². The molecule has 148 valence electrons. The van der Waals surface area contributed by atoms with Crippen LogP contribution in [0, 0.1) is 16.7 Å². The van der Waals surface area contributed by atoms with E-state index in [9.17, 15) is 9.59 Å². The molecule has 4 fully saturated rings. The normalized spacial score (nSPS) is 36.6. The van der Waals surface area contributed by atoms with Crippen LogP contribution in [0.3, 0.4) is 0 Å². The molecule has 2 atom stereocenters. The first-order valence-electron chi connectivity index (χ1n) is 9.93. The lowest BCUT2D eigenvalue weighted by Crippen LogP contribution is -2.59. The first kappa shape index (κ1) is 18.5. The molecular weight excluding hydrogens is 344 g/mol. The van der Waals surface area contributed by atoms with Gasteiger partial charge in [0.1, 0.15) is 5.69 Å². The lowest BCUT2D eigenvalue weighted by Gasteiger charge is -2.65.